The first-order chi connectivity index (χ1) is 9.56. The highest BCUT2D eigenvalue weighted by Gasteiger charge is 2.35. The second-order valence-corrected chi connectivity index (χ2v) is 5.77. The number of aliphatic carboxylic acids is 1. The first-order valence-corrected chi connectivity index (χ1v) is 7.23. The molecular weight excluding hydrogens is 280 g/mol. The minimum Gasteiger partial charge on any atom is -0.481 e. The summed E-state index contributed by atoms with van der Waals surface area (Å²) in [6.45, 7) is 3.11. The van der Waals surface area contributed by atoms with Crippen molar-refractivity contribution in [1.82, 2.24) is 19.5 Å². The monoisotopic (exact) mass is 294 g/mol. The van der Waals surface area contributed by atoms with Gasteiger partial charge in [0.1, 0.15) is 5.51 Å². The molecule has 0 aliphatic carbocycles. The molecule has 2 aromatic heterocycles. The molecular formula is C12H14N4O3S. The quantitative estimate of drug-likeness (QED) is 0.884. The molecule has 0 spiro atoms. The number of hydrogen-bond donors (Lipinski definition) is 1. The molecule has 3 rings (SSSR count). The third-order valence-electron chi connectivity index (χ3n) is 3.81. The van der Waals surface area contributed by atoms with Gasteiger partial charge in [-0.15, -0.1) is 0 Å². The van der Waals surface area contributed by atoms with Crippen molar-refractivity contribution < 1.29 is 9.90 Å². The van der Waals surface area contributed by atoms with Gasteiger partial charge < -0.3 is 5.11 Å². The summed E-state index contributed by atoms with van der Waals surface area (Å²) >= 11 is 1.31. The van der Waals surface area contributed by atoms with Gasteiger partial charge in [0, 0.05) is 18.7 Å². The fourth-order valence-corrected chi connectivity index (χ4v) is 3.29. The fourth-order valence-electron chi connectivity index (χ4n) is 2.65. The predicted octanol–water partition coefficient (Wildman–Crippen LogP) is 0.446. The van der Waals surface area contributed by atoms with Crippen LogP contribution in [0, 0.1) is 5.92 Å². The van der Waals surface area contributed by atoms with Crippen LogP contribution in [0.15, 0.2) is 16.4 Å². The molecule has 1 N–H and O–H groups in total. The van der Waals surface area contributed by atoms with Crippen LogP contribution in [-0.2, 0) is 11.3 Å². The van der Waals surface area contributed by atoms with Crippen LogP contribution in [-0.4, -0.2) is 43.2 Å². The van der Waals surface area contributed by atoms with E-state index in [0.29, 0.717) is 30.2 Å². The van der Waals surface area contributed by atoms with E-state index in [1.165, 1.54) is 21.9 Å². The summed E-state index contributed by atoms with van der Waals surface area (Å²) in [6, 6.07) is 1.42. The molecule has 0 radical (unpaired) electrons. The Morgan fingerprint density at radius 1 is 1.60 bits per heavy atom. The van der Waals surface area contributed by atoms with E-state index < -0.39 is 5.97 Å². The molecule has 106 valence electrons. The number of likely N-dealkylation sites (tertiary alicyclic amines) is 1. The van der Waals surface area contributed by atoms with Crippen LogP contribution >= 0.6 is 11.3 Å². The molecule has 2 aromatic rings. The second kappa shape index (κ2) is 4.95. The van der Waals surface area contributed by atoms with Gasteiger partial charge in [-0.3, -0.25) is 14.5 Å². The molecule has 2 atom stereocenters. The van der Waals surface area contributed by atoms with E-state index in [-0.39, 0.29) is 17.5 Å². The predicted molar refractivity (Wildman–Crippen MR) is 72.7 cm³/mol. The van der Waals surface area contributed by atoms with Gasteiger partial charge in [0.25, 0.3) is 5.56 Å². The van der Waals surface area contributed by atoms with Crippen LogP contribution in [0.4, 0.5) is 0 Å². The van der Waals surface area contributed by atoms with Crippen molar-refractivity contribution in [3.63, 3.8) is 0 Å². The van der Waals surface area contributed by atoms with Crippen molar-refractivity contribution in [2.75, 3.05) is 6.54 Å². The van der Waals surface area contributed by atoms with Gasteiger partial charge in [-0.25, -0.2) is 4.98 Å². The number of carboxylic acids is 1. The fraction of sp³-hybridized carbons (Fsp3) is 0.500. The zero-order valence-electron chi connectivity index (χ0n) is 10.9. The Balaban J connectivity index is 1.83. The molecule has 2 unspecified atom stereocenters. The second-order valence-electron chi connectivity index (χ2n) is 4.96. The Morgan fingerprint density at radius 3 is 3.10 bits per heavy atom. The third kappa shape index (κ3) is 2.20. The summed E-state index contributed by atoms with van der Waals surface area (Å²) in [5.41, 5.74) is 2.04. The Morgan fingerprint density at radius 2 is 2.40 bits per heavy atom. The number of carboxylic acid groups (broad SMARTS) is 1. The van der Waals surface area contributed by atoms with Gasteiger partial charge >= 0.3 is 5.97 Å². The number of fused-ring (bicyclic) bond motifs is 1. The maximum atomic E-state index is 11.8. The average molecular weight is 294 g/mol. The van der Waals surface area contributed by atoms with Gasteiger partial charge in [0.05, 0.1) is 11.6 Å². The van der Waals surface area contributed by atoms with E-state index >= 15 is 0 Å². The number of nitrogens with zero attached hydrogens (tertiary/aromatic N) is 4. The largest absolute Gasteiger partial charge is 0.481 e. The van der Waals surface area contributed by atoms with E-state index in [9.17, 15) is 9.59 Å². The summed E-state index contributed by atoms with van der Waals surface area (Å²) in [5, 5.41) is 13.0. The van der Waals surface area contributed by atoms with Crippen molar-refractivity contribution >= 4 is 22.3 Å². The van der Waals surface area contributed by atoms with E-state index in [0.717, 1.165) is 0 Å². The lowest BCUT2D eigenvalue weighted by Gasteiger charge is -2.22. The molecule has 1 aliphatic heterocycles. The number of aromatic nitrogens is 3. The highest BCUT2D eigenvalue weighted by Crippen LogP contribution is 2.25. The van der Waals surface area contributed by atoms with Crippen molar-refractivity contribution in [1.29, 1.82) is 0 Å². The van der Waals surface area contributed by atoms with Crippen molar-refractivity contribution in [3.8, 4) is 0 Å². The molecule has 8 heteroatoms. The summed E-state index contributed by atoms with van der Waals surface area (Å²) in [4.78, 5) is 30.0. The third-order valence-corrected chi connectivity index (χ3v) is 4.48. The number of hydrogen-bond acceptors (Lipinski definition) is 6. The van der Waals surface area contributed by atoms with E-state index in [1.54, 1.807) is 5.51 Å². The van der Waals surface area contributed by atoms with Crippen molar-refractivity contribution in [2.45, 2.75) is 25.9 Å². The summed E-state index contributed by atoms with van der Waals surface area (Å²) in [7, 11) is 0. The smallest absolute Gasteiger partial charge is 0.308 e. The van der Waals surface area contributed by atoms with Crippen LogP contribution in [0.1, 0.15) is 19.0 Å². The van der Waals surface area contributed by atoms with Gasteiger partial charge in [0.2, 0.25) is 4.96 Å². The molecule has 0 aromatic carbocycles. The van der Waals surface area contributed by atoms with Crippen LogP contribution in [0.2, 0.25) is 0 Å². The minimum absolute atomic E-state index is 0.0470. The zero-order chi connectivity index (χ0) is 14.3. The standard InChI is InChI=1S/C12H14N4O3S/c1-7-9(11(18)19)2-3-15(7)5-8-4-10(17)16-12(14-8)20-6-13-16/h4,6-7,9H,2-3,5H2,1H3,(H,18,19). The molecule has 1 aliphatic rings. The lowest BCUT2D eigenvalue weighted by molar-refractivity contribution is -0.142. The van der Waals surface area contributed by atoms with Crippen molar-refractivity contribution in [2.24, 2.45) is 5.92 Å². The molecule has 1 saturated heterocycles. The number of carbonyl (C=O) groups is 1. The van der Waals surface area contributed by atoms with Crippen LogP contribution < -0.4 is 5.56 Å². The topological polar surface area (TPSA) is 87.8 Å². The lowest BCUT2D eigenvalue weighted by atomic mass is 10.0. The first kappa shape index (κ1) is 13.2. The summed E-state index contributed by atoms with van der Waals surface area (Å²) in [6.07, 6.45) is 0.637. The Bertz CT molecular complexity index is 710. The average Bonchev–Trinajstić information content (AvgIpc) is 2.97. The number of rotatable bonds is 3. The maximum absolute atomic E-state index is 11.8. The summed E-state index contributed by atoms with van der Waals surface area (Å²) in [5.74, 6) is -1.10. The van der Waals surface area contributed by atoms with Crippen LogP contribution in [0.3, 0.4) is 0 Å². The Hall–Kier alpha value is -1.80. The summed E-state index contributed by atoms with van der Waals surface area (Å²) < 4.78 is 1.27. The maximum Gasteiger partial charge on any atom is 0.308 e. The molecule has 0 amide bonds. The SMILES string of the molecule is CC1C(C(=O)O)CCN1Cc1cc(=O)n2ncsc2n1. The normalized spacial score (nSPS) is 23.4. The Kier molecular flexibility index (Phi) is 3.27. The van der Waals surface area contributed by atoms with Crippen molar-refractivity contribution in [3.05, 3.63) is 27.6 Å². The molecule has 20 heavy (non-hydrogen) atoms. The van der Waals surface area contributed by atoms with E-state index in [1.807, 2.05) is 6.92 Å². The van der Waals surface area contributed by atoms with Crippen LogP contribution in [0.25, 0.3) is 4.96 Å². The van der Waals surface area contributed by atoms with E-state index in [4.69, 9.17) is 5.11 Å². The van der Waals surface area contributed by atoms with Gasteiger partial charge in [0.15, 0.2) is 0 Å². The van der Waals surface area contributed by atoms with E-state index in [2.05, 4.69) is 15.0 Å². The van der Waals surface area contributed by atoms with Gasteiger partial charge in [-0.2, -0.15) is 9.61 Å². The minimum atomic E-state index is -0.758. The molecule has 7 nitrogen and oxygen atoms in total. The molecule has 1 fully saturated rings. The Labute approximate surface area is 118 Å². The van der Waals surface area contributed by atoms with Crippen LogP contribution in [0.5, 0.6) is 0 Å². The highest BCUT2D eigenvalue weighted by atomic mass is 32.1. The molecule has 0 saturated carbocycles. The zero-order valence-corrected chi connectivity index (χ0v) is 11.7. The molecule has 3 heterocycles. The van der Waals surface area contributed by atoms with Gasteiger partial charge in [-0.05, 0) is 19.9 Å². The first-order valence-electron chi connectivity index (χ1n) is 6.35. The van der Waals surface area contributed by atoms with Gasteiger partial charge in [-0.1, -0.05) is 11.3 Å². The lowest BCUT2D eigenvalue weighted by Crippen LogP contribution is -2.33. The molecule has 0 bridgehead atoms. The highest BCUT2D eigenvalue weighted by molar-refractivity contribution is 7.14.